The highest BCUT2D eigenvalue weighted by Crippen LogP contribution is 2.40. The van der Waals surface area contributed by atoms with E-state index >= 15 is 0 Å². The molecule has 0 saturated heterocycles. The largest absolute Gasteiger partial charge is 0.491 e. The van der Waals surface area contributed by atoms with Gasteiger partial charge in [0, 0.05) is 11.7 Å². The normalized spacial score (nSPS) is 14.0. The van der Waals surface area contributed by atoms with Crippen LogP contribution in [0, 0.1) is 0 Å². The van der Waals surface area contributed by atoms with Gasteiger partial charge in [0.15, 0.2) is 5.16 Å². The van der Waals surface area contributed by atoms with Crippen LogP contribution in [0.15, 0.2) is 52.2 Å². The molecular formula is C18H18ClN3O2S. The first kappa shape index (κ1) is 16.5. The first-order valence-corrected chi connectivity index (χ1v) is 9.63. The molecule has 5 nitrogen and oxygen atoms in total. The fourth-order valence-corrected chi connectivity index (χ4v) is 3.56. The molecule has 7 heteroatoms. The van der Waals surface area contributed by atoms with Crippen molar-refractivity contribution in [1.29, 1.82) is 0 Å². The van der Waals surface area contributed by atoms with Crippen LogP contribution in [0.25, 0.3) is 0 Å². The molecule has 1 aromatic carbocycles. The molecule has 1 aliphatic rings. The van der Waals surface area contributed by atoms with Crippen molar-refractivity contribution in [3.63, 3.8) is 0 Å². The van der Waals surface area contributed by atoms with Crippen molar-refractivity contribution in [3.8, 4) is 5.75 Å². The van der Waals surface area contributed by atoms with Crippen LogP contribution in [0.5, 0.6) is 5.75 Å². The predicted molar refractivity (Wildman–Crippen MR) is 97.5 cm³/mol. The zero-order valence-electron chi connectivity index (χ0n) is 13.6. The lowest BCUT2D eigenvalue weighted by atomic mass is 10.3. The van der Waals surface area contributed by atoms with E-state index in [4.69, 9.17) is 20.8 Å². The molecule has 2 heterocycles. The summed E-state index contributed by atoms with van der Waals surface area (Å²) in [5, 5.41) is 10.3. The van der Waals surface area contributed by atoms with Crippen LogP contribution in [0.2, 0.25) is 5.02 Å². The predicted octanol–water partition coefficient (Wildman–Crippen LogP) is 4.62. The molecule has 0 amide bonds. The van der Waals surface area contributed by atoms with Crippen LogP contribution in [0.1, 0.15) is 30.3 Å². The van der Waals surface area contributed by atoms with Crippen molar-refractivity contribution in [2.45, 2.75) is 30.5 Å². The summed E-state index contributed by atoms with van der Waals surface area (Å²) in [6.07, 6.45) is 4.08. The van der Waals surface area contributed by atoms with Crippen molar-refractivity contribution in [3.05, 3.63) is 59.3 Å². The zero-order chi connectivity index (χ0) is 17.1. The Morgan fingerprint density at radius 2 is 2.08 bits per heavy atom. The summed E-state index contributed by atoms with van der Waals surface area (Å²) in [4.78, 5) is 0. The maximum atomic E-state index is 6.10. The SMILES string of the molecule is Clc1ccccc1OCCSc1nnc(C2CC2)n1Cc1ccco1. The average molecular weight is 376 g/mol. The molecule has 25 heavy (non-hydrogen) atoms. The molecule has 2 aromatic heterocycles. The number of halogens is 1. The van der Waals surface area contributed by atoms with Gasteiger partial charge in [0.1, 0.15) is 17.3 Å². The third-order valence-corrected chi connectivity index (χ3v) is 5.23. The molecule has 0 atom stereocenters. The van der Waals surface area contributed by atoms with Crippen LogP contribution < -0.4 is 4.74 Å². The van der Waals surface area contributed by atoms with Crippen LogP contribution >= 0.6 is 23.4 Å². The second kappa shape index (κ2) is 7.54. The van der Waals surface area contributed by atoms with E-state index in [1.807, 2.05) is 36.4 Å². The number of furan rings is 1. The smallest absolute Gasteiger partial charge is 0.191 e. The number of thioether (sulfide) groups is 1. The van der Waals surface area contributed by atoms with Crippen molar-refractivity contribution >= 4 is 23.4 Å². The molecule has 0 radical (unpaired) electrons. The number of ether oxygens (including phenoxy) is 1. The standard InChI is InChI=1S/C18H18ClN3O2S/c19-15-5-1-2-6-16(15)24-10-11-25-18-21-20-17(13-7-8-13)22(18)12-14-4-3-9-23-14/h1-6,9,13H,7-8,10-12H2. The third kappa shape index (κ3) is 4.02. The molecule has 0 spiro atoms. The van der Waals surface area contributed by atoms with Crippen molar-refractivity contribution in [2.75, 3.05) is 12.4 Å². The van der Waals surface area contributed by atoms with Gasteiger partial charge < -0.3 is 9.15 Å². The van der Waals surface area contributed by atoms with Gasteiger partial charge >= 0.3 is 0 Å². The summed E-state index contributed by atoms with van der Waals surface area (Å²) in [6.45, 7) is 1.22. The lowest BCUT2D eigenvalue weighted by molar-refractivity contribution is 0.344. The first-order valence-electron chi connectivity index (χ1n) is 8.27. The fraction of sp³-hybridized carbons (Fsp3) is 0.333. The minimum atomic E-state index is 0.538. The number of para-hydroxylation sites is 1. The van der Waals surface area contributed by atoms with E-state index in [2.05, 4.69) is 14.8 Å². The van der Waals surface area contributed by atoms with E-state index in [-0.39, 0.29) is 0 Å². The van der Waals surface area contributed by atoms with Crippen LogP contribution in [0.3, 0.4) is 0 Å². The summed E-state index contributed by atoms with van der Waals surface area (Å²) in [5.74, 6) is 3.99. The number of hydrogen-bond donors (Lipinski definition) is 0. The lowest BCUT2D eigenvalue weighted by Crippen LogP contribution is -2.07. The molecule has 0 N–H and O–H groups in total. The Morgan fingerprint density at radius 3 is 2.84 bits per heavy atom. The van der Waals surface area contributed by atoms with Crippen LogP contribution in [0.4, 0.5) is 0 Å². The average Bonchev–Trinajstić information content (AvgIpc) is 3.19. The Kier molecular flexibility index (Phi) is 4.99. The number of nitrogens with zero attached hydrogens (tertiary/aromatic N) is 3. The minimum Gasteiger partial charge on any atom is -0.491 e. The topological polar surface area (TPSA) is 53.1 Å². The maximum Gasteiger partial charge on any atom is 0.191 e. The van der Waals surface area contributed by atoms with E-state index in [1.54, 1.807) is 18.0 Å². The summed E-state index contributed by atoms with van der Waals surface area (Å²) in [7, 11) is 0. The second-order valence-electron chi connectivity index (χ2n) is 5.91. The highest BCUT2D eigenvalue weighted by Gasteiger charge is 2.30. The second-order valence-corrected chi connectivity index (χ2v) is 7.38. The highest BCUT2D eigenvalue weighted by atomic mass is 35.5. The number of hydrogen-bond acceptors (Lipinski definition) is 5. The molecule has 3 aromatic rings. The van der Waals surface area contributed by atoms with Crippen LogP contribution in [-0.4, -0.2) is 27.1 Å². The Morgan fingerprint density at radius 1 is 1.20 bits per heavy atom. The van der Waals surface area contributed by atoms with Gasteiger partial charge in [0.25, 0.3) is 0 Å². The molecule has 0 bridgehead atoms. The third-order valence-electron chi connectivity index (χ3n) is 3.99. The molecule has 1 saturated carbocycles. The van der Waals surface area contributed by atoms with Crippen molar-refractivity contribution in [1.82, 2.24) is 14.8 Å². The molecule has 1 aliphatic carbocycles. The summed E-state index contributed by atoms with van der Waals surface area (Å²) >= 11 is 7.74. The highest BCUT2D eigenvalue weighted by molar-refractivity contribution is 7.99. The summed E-state index contributed by atoms with van der Waals surface area (Å²) < 4.78 is 13.4. The van der Waals surface area contributed by atoms with E-state index in [0.29, 0.717) is 29.8 Å². The van der Waals surface area contributed by atoms with Crippen LogP contribution in [-0.2, 0) is 6.54 Å². The number of rotatable bonds is 8. The van der Waals surface area contributed by atoms with E-state index in [0.717, 1.165) is 22.5 Å². The Balaban J connectivity index is 1.39. The summed E-state index contributed by atoms with van der Waals surface area (Å²) in [6, 6.07) is 11.4. The van der Waals surface area contributed by atoms with Gasteiger partial charge in [0.05, 0.1) is 24.4 Å². The lowest BCUT2D eigenvalue weighted by Gasteiger charge is -2.09. The molecule has 4 rings (SSSR count). The van der Waals surface area contributed by atoms with Gasteiger partial charge in [-0.05, 0) is 37.1 Å². The Bertz CT molecular complexity index is 831. The molecule has 0 aliphatic heterocycles. The minimum absolute atomic E-state index is 0.538. The maximum absolute atomic E-state index is 6.10. The van der Waals surface area contributed by atoms with E-state index in [9.17, 15) is 0 Å². The van der Waals surface area contributed by atoms with Gasteiger partial charge in [-0.3, -0.25) is 4.57 Å². The molecule has 0 unspecified atom stereocenters. The van der Waals surface area contributed by atoms with Gasteiger partial charge in [-0.15, -0.1) is 10.2 Å². The monoisotopic (exact) mass is 375 g/mol. The Labute approximate surface area is 155 Å². The van der Waals surface area contributed by atoms with E-state index < -0.39 is 0 Å². The molecular weight excluding hydrogens is 358 g/mol. The van der Waals surface area contributed by atoms with Gasteiger partial charge in [-0.25, -0.2) is 0 Å². The van der Waals surface area contributed by atoms with Gasteiger partial charge in [-0.1, -0.05) is 35.5 Å². The fourth-order valence-electron chi connectivity index (χ4n) is 2.60. The zero-order valence-corrected chi connectivity index (χ0v) is 15.2. The quantitative estimate of drug-likeness (QED) is 0.424. The summed E-state index contributed by atoms with van der Waals surface area (Å²) in [5.41, 5.74) is 0. The van der Waals surface area contributed by atoms with Gasteiger partial charge in [0.2, 0.25) is 0 Å². The number of benzene rings is 1. The number of aromatic nitrogens is 3. The van der Waals surface area contributed by atoms with Crippen molar-refractivity contribution < 1.29 is 9.15 Å². The first-order chi connectivity index (χ1) is 12.3. The molecule has 1 fully saturated rings. The van der Waals surface area contributed by atoms with Gasteiger partial charge in [-0.2, -0.15) is 0 Å². The Hall–Kier alpha value is -1.92. The van der Waals surface area contributed by atoms with Crippen molar-refractivity contribution in [2.24, 2.45) is 0 Å². The molecule has 130 valence electrons. The van der Waals surface area contributed by atoms with E-state index in [1.165, 1.54) is 12.8 Å².